The number of rotatable bonds is 27. The van der Waals surface area contributed by atoms with E-state index in [4.69, 9.17) is 4.74 Å². The number of esters is 1. The summed E-state index contributed by atoms with van der Waals surface area (Å²) in [6.07, 6.45) is 1.10. The molecule has 2 aromatic heterocycles. The predicted octanol–water partition coefficient (Wildman–Crippen LogP) is 10.0. The van der Waals surface area contributed by atoms with Crippen LogP contribution in [-0.2, 0) is 36.8 Å². The third kappa shape index (κ3) is 21.0. The standard InChI is InChI=1S/C37H45F3N2O4.C35H41F3N2O4.Li.2H2O.H2S/c1-7-46-34(44)18-27(30-16-28(14-25(6)36(30)40)35-23(4)9-8-10-24(35)5)17-33(43)32(13-22(2)3)42-19-26(15-31(39)37(42)45)11-12-41-20-29(38)21-41;1-20(2)11-30(40-17-24(13-29(37)35(40)44)9-10-39-18-27(36)19-39)31(41)15-25(16-32(42)43)28-14-26(12-23(5)34(28)38)33-21(3)7-6-8-22(33)4;;;;/h8-10,14-16,19,22,27,29,32H,7,11-13,17-18,20-21H2,1-6H3;6-8,12-14,17,20,25,27,30H,9-11,15-16,18-19H2,1-5H3,(H,42,43);;3*1H2/q;;+1;;;/p-1/t27-,32?;25-,30?;;;;/m00..../s1. The molecule has 0 radical (unpaired) electrons. The second kappa shape index (κ2) is 36.5. The molecule has 2 saturated heterocycles. The molecule has 4 heterocycles. The molecule has 4 aromatic carbocycles. The monoisotopic (exact) mass is 1320 g/mol. The fourth-order valence-corrected chi connectivity index (χ4v) is 12.6. The minimum Gasteiger partial charge on any atom is -0.870 e. The number of Topliss-reactive ketones (excluding diaryl/α,β-unsaturated/α-hetero) is 2. The Morgan fingerprint density at radius 1 is 0.564 bits per heavy atom. The Kier molecular flexibility index (Phi) is 31.7. The van der Waals surface area contributed by atoms with Gasteiger partial charge in [0.25, 0.3) is 11.1 Å². The number of carbonyl (C=O) groups is 4. The van der Waals surface area contributed by atoms with Gasteiger partial charge in [-0.2, -0.15) is 13.5 Å². The first-order valence-electron chi connectivity index (χ1n) is 31.2. The molecule has 2 aliphatic heterocycles. The number of hydrogen-bond acceptors (Lipinski definition) is 10. The Balaban J connectivity index is 0.000000471. The molecule has 22 heteroatoms. The minimum absolute atomic E-state index is 0. The number of aryl methyl sites for hydroxylation is 6. The van der Waals surface area contributed by atoms with Crippen molar-refractivity contribution in [2.24, 2.45) is 11.8 Å². The Morgan fingerprint density at radius 2 is 0.915 bits per heavy atom. The number of pyridine rings is 2. The first kappa shape index (κ1) is 81.7. The van der Waals surface area contributed by atoms with Crippen molar-refractivity contribution < 1.29 is 85.2 Å². The zero-order valence-corrected chi connectivity index (χ0v) is 57.1. The molecule has 0 amide bonds. The summed E-state index contributed by atoms with van der Waals surface area (Å²) in [4.78, 5) is 82.9. The smallest absolute Gasteiger partial charge is 0.870 e. The van der Waals surface area contributed by atoms with Crippen LogP contribution < -0.4 is 30.0 Å². The van der Waals surface area contributed by atoms with Crippen molar-refractivity contribution in [3.8, 4) is 22.3 Å². The molecule has 94 heavy (non-hydrogen) atoms. The quantitative estimate of drug-likeness (QED) is 0.0291. The Morgan fingerprint density at radius 3 is 1.23 bits per heavy atom. The Bertz CT molecular complexity index is 3680. The van der Waals surface area contributed by atoms with Crippen LogP contribution >= 0.6 is 13.5 Å². The molecule has 2 aliphatic rings. The number of benzene rings is 4. The van der Waals surface area contributed by atoms with Crippen LogP contribution in [0, 0.1) is 76.6 Å². The number of likely N-dealkylation sites (tertiary alicyclic amines) is 2. The van der Waals surface area contributed by atoms with E-state index in [0.717, 1.165) is 59.7 Å². The molecule has 4 atom stereocenters. The third-order valence-corrected chi connectivity index (χ3v) is 17.2. The van der Waals surface area contributed by atoms with Crippen molar-refractivity contribution in [3.05, 3.63) is 185 Å². The molecule has 14 nitrogen and oxygen atoms in total. The van der Waals surface area contributed by atoms with E-state index in [2.05, 4.69) is 0 Å². The van der Waals surface area contributed by atoms with Gasteiger partial charge in [0, 0.05) is 76.3 Å². The number of aliphatic carboxylic acids is 1. The molecular formula is C72H91F6LiN4O10S. The van der Waals surface area contributed by atoms with Crippen molar-refractivity contribution in [3.63, 3.8) is 0 Å². The van der Waals surface area contributed by atoms with Crippen LogP contribution in [-0.4, -0.2) is 117 Å². The largest absolute Gasteiger partial charge is 1.00 e. The van der Waals surface area contributed by atoms with Crippen molar-refractivity contribution in [1.29, 1.82) is 0 Å². The van der Waals surface area contributed by atoms with Crippen molar-refractivity contribution >= 4 is 37.0 Å². The Hall–Kier alpha value is -6.57. The van der Waals surface area contributed by atoms with E-state index >= 15 is 13.2 Å². The second-order valence-electron chi connectivity index (χ2n) is 25.6. The van der Waals surface area contributed by atoms with Crippen LogP contribution in [0.4, 0.5) is 26.3 Å². The van der Waals surface area contributed by atoms with E-state index in [-0.39, 0.29) is 105 Å². The number of carboxylic acid groups (broad SMARTS) is 1. The summed E-state index contributed by atoms with van der Waals surface area (Å²) >= 11 is 0. The number of carbonyl (C=O) groups excluding carboxylic acids is 3. The number of ketones is 2. The zero-order valence-electron chi connectivity index (χ0n) is 56.1. The number of hydrogen-bond donors (Lipinski definition) is 1. The number of ether oxygens (including phenoxy) is 1. The van der Waals surface area contributed by atoms with Crippen LogP contribution in [0.5, 0.6) is 0 Å². The number of aromatic nitrogens is 2. The number of nitrogens with zero attached hydrogens (tertiary/aromatic N) is 4. The summed E-state index contributed by atoms with van der Waals surface area (Å²) < 4.78 is 95.6. The van der Waals surface area contributed by atoms with Gasteiger partial charge in [-0.15, -0.1) is 0 Å². The van der Waals surface area contributed by atoms with Crippen molar-refractivity contribution in [2.75, 3.05) is 45.9 Å². The number of carboxylic acids is 1. The summed E-state index contributed by atoms with van der Waals surface area (Å²) in [5.41, 5.74) is 7.52. The number of halogens is 6. The van der Waals surface area contributed by atoms with Crippen molar-refractivity contribution in [1.82, 2.24) is 18.9 Å². The molecule has 6 aromatic rings. The second-order valence-corrected chi connectivity index (χ2v) is 25.6. The van der Waals surface area contributed by atoms with Gasteiger partial charge < -0.3 is 29.9 Å². The molecule has 4 N–H and O–H groups in total. The van der Waals surface area contributed by atoms with Gasteiger partial charge in [-0.05, 0) is 200 Å². The molecule has 8 rings (SSSR count). The summed E-state index contributed by atoms with van der Waals surface area (Å²) in [6.45, 7) is 22.7. The fourth-order valence-electron chi connectivity index (χ4n) is 12.6. The van der Waals surface area contributed by atoms with Crippen LogP contribution in [0.1, 0.15) is 153 Å². The molecule has 2 unspecified atom stereocenters. The molecule has 0 spiro atoms. The molecule has 0 saturated carbocycles. The first-order chi connectivity index (χ1) is 42.5. The van der Waals surface area contributed by atoms with E-state index in [0.29, 0.717) is 74.4 Å². The van der Waals surface area contributed by atoms with Crippen LogP contribution in [0.25, 0.3) is 22.3 Å². The van der Waals surface area contributed by atoms with E-state index in [1.165, 1.54) is 18.5 Å². The SMILES string of the molecule is CCOC(=O)C[C@H](CC(=O)C(CC(C)C)n1cc(CCN2CC(F)C2)cc(F)c1=O)c1cc(-c2c(C)cccc2C)cc(C)c1F.Cc1cc(-c2c(C)cccc2C)cc([C@H](CC(=O)O)CC(=O)C(CC(C)C)n2cc(CCN3CC(F)C3)cc(F)c2=O)c1F.O.S.[Li+].[OH-]. The average Bonchev–Trinajstić information content (AvgIpc) is 0.801. The maximum atomic E-state index is 16.0. The molecule has 0 bridgehead atoms. The molecule has 2 fully saturated rings. The van der Waals surface area contributed by atoms with Gasteiger partial charge in [-0.3, -0.25) is 38.6 Å². The van der Waals surface area contributed by atoms with Gasteiger partial charge in [-0.25, -0.2) is 26.3 Å². The van der Waals surface area contributed by atoms with E-state index in [1.54, 1.807) is 45.0 Å². The van der Waals surface area contributed by atoms with E-state index in [1.807, 2.05) is 102 Å². The van der Waals surface area contributed by atoms with Gasteiger partial charge in [0.05, 0.1) is 31.5 Å². The topological polar surface area (TPSA) is 210 Å². The van der Waals surface area contributed by atoms with E-state index in [9.17, 15) is 47.0 Å². The maximum absolute atomic E-state index is 16.0. The minimum atomic E-state index is -1.19. The summed E-state index contributed by atoms with van der Waals surface area (Å²) in [5, 5.41) is 9.79. The van der Waals surface area contributed by atoms with Crippen LogP contribution in [0.3, 0.4) is 0 Å². The van der Waals surface area contributed by atoms with Gasteiger partial charge in [0.1, 0.15) is 24.0 Å². The normalized spacial score (nSPS) is 14.5. The van der Waals surface area contributed by atoms with Crippen LogP contribution in [0.2, 0.25) is 0 Å². The molecule has 508 valence electrons. The molecular weight excluding hydrogens is 1230 g/mol. The first-order valence-corrected chi connectivity index (χ1v) is 31.2. The Labute approximate surface area is 566 Å². The average molecular weight is 1330 g/mol. The summed E-state index contributed by atoms with van der Waals surface area (Å²) in [5.74, 6) is -7.69. The summed E-state index contributed by atoms with van der Waals surface area (Å²) in [7, 11) is 0. The summed E-state index contributed by atoms with van der Waals surface area (Å²) in [6, 6.07) is 18.7. The van der Waals surface area contributed by atoms with Gasteiger partial charge >= 0.3 is 30.8 Å². The maximum Gasteiger partial charge on any atom is 1.00 e. The fraction of sp³-hybridized carbons (Fsp3) is 0.472. The van der Waals surface area contributed by atoms with Gasteiger partial charge in [0.2, 0.25) is 0 Å². The predicted molar refractivity (Wildman–Crippen MR) is 355 cm³/mol. The molecule has 0 aliphatic carbocycles. The third-order valence-electron chi connectivity index (χ3n) is 17.2. The van der Waals surface area contributed by atoms with Gasteiger partial charge in [-0.1, -0.05) is 64.1 Å². The van der Waals surface area contributed by atoms with Crippen molar-refractivity contribution in [2.45, 2.75) is 164 Å². The van der Waals surface area contributed by atoms with Crippen LogP contribution in [0.15, 0.2) is 94.8 Å². The van der Waals surface area contributed by atoms with Gasteiger partial charge in [0.15, 0.2) is 23.2 Å². The zero-order chi connectivity index (χ0) is 66.0. The van der Waals surface area contributed by atoms with E-state index < -0.39 is 101 Å². The number of alkyl halides is 2.